The van der Waals surface area contributed by atoms with Crippen LogP contribution in [0, 0.1) is 0 Å². The summed E-state index contributed by atoms with van der Waals surface area (Å²) in [5.74, 6) is -0.368. The van der Waals surface area contributed by atoms with Crippen molar-refractivity contribution in [2.45, 2.75) is 6.92 Å². The van der Waals surface area contributed by atoms with E-state index < -0.39 is 0 Å². The lowest BCUT2D eigenvalue weighted by Crippen LogP contribution is -2.00. The van der Waals surface area contributed by atoms with Gasteiger partial charge >= 0.3 is 5.97 Å². The van der Waals surface area contributed by atoms with Crippen LogP contribution < -0.4 is 5.32 Å². The standard InChI is InChI=1S/C11H12ClNO2/c1-2-15-11(14)6-7-13-10-5-3-4-9(12)8-10/h3-8,13H,2H2,1H3/b7-6+. The summed E-state index contributed by atoms with van der Waals surface area (Å²) in [6.45, 7) is 2.14. The third kappa shape index (κ3) is 4.51. The first-order chi connectivity index (χ1) is 7.22. The summed E-state index contributed by atoms with van der Waals surface area (Å²) in [6.07, 6.45) is 2.84. The Balaban J connectivity index is 2.46. The van der Waals surface area contributed by atoms with Crippen LogP contribution in [0.25, 0.3) is 0 Å². The van der Waals surface area contributed by atoms with Gasteiger partial charge in [0.1, 0.15) is 0 Å². The minimum Gasteiger partial charge on any atom is -0.463 e. The van der Waals surface area contributed by atoms with Crippen LogP contribution in [-0.4, -0.2) is 12.6 Å². The molecule has 0 fully saturated rings. The van der Waals surface area contributed by atoms with Crippen LogP contribution in [-0.2, 0) is 9.53 Å². The first-order valence-corrected chi connectivity index (χ1v) is 4.95. The molecule has 0 saturated heterocycles. The molecule has 0 bridgehead atoms. The first-order valence-electron chi connectivity index (χ1n) is 4.58. The quantitative estimate of drug-likeness (QED) is 0.633. The third-order valence-corrected chi connectivity index (χ3v) is 1.82. The Labute approximate surface area is 93.7 Å². The number of benzene rings is 1. The Bertz CT molecular complexity index is 363. The van der Waals surface area contributed by atoms with E-state index in [1.807, 2.05) is 12.1 Å². The van der Waals surface area contributed by atoms with Crippen molar-refractivity contribution >= 4 is 23.3 Å². The van der Waals surface area contributed by atoms with E-state index in [1.54, 1.807) is 19.1 Å². The zero-order valence-electron chi connectivity index (χ0n) is 8.37. The van der Waals surface area contributed by atoms with E-state index in [1.165, 1.54) is 12.3 Å². The second-order valence-electron chi connectivity index (χ2n) is 2.74. The Morgan fingerprint density at radius 1 is 1.60 bits per heavy atom. The van der Waals surface area contributed by atoms with E-state index in [0.717, 1.165) is 5.69 Å². The first kappa shape index (κ1) is 11.6. The van der Waals surface area contributed by atoms with Gasteiger partial charge in [0.25, 0.3) is 0 Å². The maximum absolute atomic E-state index is 10.9. The number of anilines is 1. The van der Waals surface area contributed by atoms with E-state index in [0.29, 0.717) is 11.6 Å². The number of carbonyl (C=O) groups excluding carboxylic acids is 1. The molecule has 1 rings (SSSR count). The zero-order valence-corrected chi connectivity index (χ0v) is 9.12. The van der Waals surface area contributed by atoms with Crippen LogP contribution in [0.4, 0.5) is 5.69 Å². The molecule has 1 aromatic carbocycles. The number of hydrogen-bond donors (Lipinski definition) is 1. The lowest BCUT2D eigenvalue weighted by molar-refractivity contribution is -0.137. The van der Waals surface area contributed by atoms with E-state index in [9.17, 15) is 4.79 Å². The highest BCUT2D eigenvalue weighted by molar-refractivity contribution is 6.30. The predicted octanol–water partition coefficient (Wildman–Crippen LogP) is 2.83. The van der Waals surface area contributed by atoms with Crippen molar-refractivity contribution in [3.63, 3.8) is 0 Å². The Morgan fingerprint density at radius 2 is 2.40 bits per heavy atom. The van der Waals surface area contributed by atoms with Gasteiger partial charge in [0.15, 0.2) is 0 Å². The van der Waals surface area contributed by atoms with E-state index in [2.05, 4.69) is 5.32 Å². The topological polar surface area (TPSA) is 38.3 Å². The third-order valence-electron chi connectivity index (χ3n) is 1.58. The van der Waals surface area contributed by atoms with Gasteiger partial charge in [0, 0.05) is 23.0 Å². The molecule has 0 aliphatic carbocycles. The Kier molecular flexibility index (Phi) is 4.71. The van der Waals surface area contributed by atoms with Crippen LogP contribution in [0.5, 0.6) is 0 Å². The molecule has 4 heteroatoms. The molecule has 1 aromatic rings. The molecule has 0 spiro atoms. The van der Waals surface area contributed by atoms with Gasteiger partial charge in [0.2, 0.25) is 0 Å². The number of esters is 1. The molecule has 0 saturated carbocycles. The van der Waals surface area contributed by atoms with Crippen molar-refractivity contribution < 1.29 is 9.53 Å². The van der Waals surface area contributed by atoms with Crippen molar-refractivity contribution in [2.24, 2.45) is 0 Å². The maximum Gasteiger partial charge on any atom is 0.332 e. The largest absolute Gasteiger partial charge is 0.463 e. The molecule has 0 aliphatic heterocycles. The SMILES string of the molecule is CCOC(=O)/C=C/Nc1cccc(Cl)c1. The highest BCUT2D eigenvalue weighted by Crippen LogP contribution is 2.14. The molecular weight excluding hydrogens is 214 g/mol. The summed E-state index contributed by atoms with van der Waals surface area (Å²) in [6, 6.07) is 7.21. The van der Waals surface area contributed by atoms with Crippen LogP contribution in [0.1, 0.15) is 6.92 Å². The fourth-order valence-corrected chi connectivity index (χ4v) is 1.16. The minimum absolute atomic E-state index is 0.368. The summed E-state index contributed by atoms with van der Waals surface area (Å²) in [5.41, 5.74) is 0.822. The van der Waals surface area contributed by atoms with Crippen molar-refractivity contribution in [1.82, 2.24) is 0 Å². The van der Waals surface area contributed by atoms with Crippen molar-refractivity contribution in [3.8, 4) is 0 Å². The summed E-state index contributed by atoms with van der Waals surface area (Å²) >= 11 is 5.78. The second kappa shape index (κ2) is 6.09. The average molecular weight is 226 g/mol. The van der Waals surface area contributed by atoms with Crippen molar-refractivity contribution in [1.29, 1.82) is 0 Å². The predicted molar refractivity (Wildman–Crippen MR) is 60.8 cm³/mol. The van der Waals surface area contributed by atoms with E-state index in [-0.39, 0.29) is 5.97 Å². The summed E-state index contributed by atoms with van der Waals surface area (Å²) < 4.78 is 4.71. The molecule has 0 heterocycles. The van der Waals surface area contributed by atoms with Crippen LogP contribution in [0.15, 0.2) is 36.5 Å². The fourth-order valence-electron chi connectivity index (χ4n) is 0.975. The summed E-state index contributed by atoms with van der Waals surface area (Å²) in [5, 5.41) is 3.55. The number of nitrogens with one attached hydrogen (secondary N) is 1. The number of carbonyl (C=O) groups is 1. The van der Waals surface area contributed by atoms with Crippen LogP contribution >= 0.6 is 11.6 Å². The smallest absolute Gasteiger partial charge is 0.332 e. The highest BCUT2D eigenvalue weighted by Gasteiger charge is 1.93. The molecule has 3 nitrogen and oxygen atoms in total. The highest BCUT2D eigenvalue weighted by atomic mass is 35.5. The van der Waals surface area contributed by atoms with Crippen LogP contribution in [0.2, 0.25) is 5.02 Å². The average Bonchev–Trinajstić information content (AvgIpc) is 2.18. The molecule has 0 unspecified atom stereocenters. The number of rotatable bonds is 4. The number of halogens is 1. The normalized spacial score (nSPS) is 10.3. The molecule has 0 atom stereocenters. The minimum atomic E-state index is -0.368. The van der Waals surface area contributed by atoms with Gasteiger partial charge in [-0.15, -0.1) is 0 Å². The van der Waals surface area contributed by atoms with E-state index >= 15 is 0 Å². The lowest BCUT2D eigenvalue weighted by Gasteiger charge is -2.00. The van der Waals surface area contributed by atoms with Crippen molar-refractivity contribution in [3.05, 3.63) is 41.6 Å². The van der Waals surface area contributed by atoms with Crippen LogP contribution in [0.3, 0.4) is 0 Å². The summed E-state index contributed by atoms with van der Waals surface area (Å²) in [7, 11) is 0. The van der Waals surface area contributed by atoms with Gasteiger partial charge in [0.05, 0.1) is 6.61 Å². The van der Waals surface area contributed by atoms with Gasteiger partial charge in [-0.2, -0.15) is 0 Å². The maximum atomic E-state index is 10.9. The molecule has 0 amide bonds. The molecule has 0 aromatic heterocycles. The van der Waals surface area contributed by atoms with E-state index in [4.69, 9.17) is 16.3 Å². The van der Waals surface area contributed by atoms with Gasteiger partial charge in [-0.25, -0.2) is 4.79 Å². The molecule has 15 heavy (non-hydrogen) atoms. The van der Waals surface area contributed by atoms with Gasteiger partial charge in [-0.1, -0.05) is 17.7 Å². The molecule has 0 radical (unpaired) electrons. The van der Waals surface area contributed by atoms with Gasteiger partial charge < -0.3 is 10.1 Å². The molecule has 1 N–H and O–H groups in total. The zero-order chi connectivity index (χ0) is 11.1. The molecular formula is C11H12ClNO2. The van der Waals surface area contributed by atoms with Gasteiger partial charge in [-0.05, 0) is 25.1 Å². The van der Waals surface area contributed by atoms with Gasteiger partial charge in [-0.3, -0.25) is 0 Å². The number of hydrogen-bond acceptors (Lipinski definition) is 3. The van der Waals surface area contributed by atoms with Crippen molar-refractivity contribution in [2.75, 3.05) is 11.9 Å². The molecule has 80 valence electrons. The molecule has 0 aliphatic rings. The lowest BCUT2D eigenvalue weighted by atomic mass is 10.3. The second-order valence-corrected chi connectivity index (χ2v) is 3.18. The Morgan fingerprint density at radius 3 is 3.07 bits per heavy atom. The fraction of sp³-hybridized carbons (Fsp3) is 0.182. The Hall–Kier alpha value is -1.48. The summed E-state index contributed by atoms with van der Waals surface area (Å²) in [4.78, 5) is 10.9. The number of ether oxygens (including phenoxy) is 1. The monoisotopic (exact) mass is 225 g/mol.